The number of ether oxygens (including phenoxy) is 1. The van der Waals surface area contributed by atoms with Crippen LogP contribution in [0.5, 0.6) is 5.75 Å². The molecule has 1 aliphatic rings. The minimum Gasteiger partial charge on any atom is -0.488 e. The fraction of sp³-hybridized carbons (Fsp3) is 0.0800. The number of nitrogens with zero attached hydrogens (tertiary/aromatic N) is 1. The van der Waals surface area contributed by atoms with Crippen LogP contribution in [-0.2, 0) is 16.2 Å². The molecule has 8 heteroatoms. The van der Waals surface area contributed by atoms with Crippen LogP contribution in [0.2, 0.25) is 0 Å². The highest BCUT2D eigenvalue weighted by Crippen LogP contribution is 2.26. The first-order chi connectivity index (χ1) is 15.8. The SMILES string of the molecule is Cc1ccc(N2C(=O)NC(=O)/C(=C\c3ccc(OCc4ccc(I)cc4)c(I)c3)C2=O)cc1. The number of anilines is 1. The Hall–Kier alpha value is -2.73. The molecule has 0 radical (unpaired) electrons. The van der Waals surface area contributed by atoms with Crippen molar-refractivity contribution in [2.45, 2.75) is 13.5 Å². The predicted octanol–water partition coefficient (Wildman–Crippen LogP) is 5.45. The van der Waals surface area contributed by atoms with Crippen LogP contribution >= 0.6 is 45.2 Å². The van der Waals surface area contributed by atoms with Crippen molar-refractivity contribution in [2.75, 3.05) is 4.90 Å². The van der Waals surface area contributed by atoms with E-state index in [1.807, 2.05) is 37.3 Å². The fourth-order valence-electron chi connectivity index (χ4n) is 3.22. The molecule has 1 heterocycles. The van der Waals surface area contributed by atoms with Gasteiger partial charge in [0.25, 0.3) is 11.8 Å². The molecule has 0 bridgehead atoms. The number of barbiturate groups is 1. The number of aryl methyl sites for hydroxylation is 1. The lowest BCUT2D eigenvalue weighted by Gasteiger charge is -2.26. The maximum Gasteiger partial charge on any atom is 0.335 e. The number of hydrogen-bond donors (Lipinski definition) is 1. The Kier molecular flexibility index (Phi) is 7.13. The molecule has 3 aromatic rings. The highest BCUT2D eigenvalue weighted by atomic mass is 127. The van der Waals surface area contributed by atoms with Crippen LogP contribution in [0.4, 0.5) is 10.5 Å². The van der Waals surface area contributed by atoms with Gasteiger partial charge in [-0.25, -0.2) is 9.69 Å². The van der Waals surface area contributed by atoms with Crippen molar-refractivity contribution in [1.29, 1.82) is 0 Å². The second kappa shape index (κ2) is 10.0. The van der Waals surface area contributed by atoms with Gasteiger partial charge < -0.3 is 4.74 Å². The summed E-state index contributed by atoms with van der Waals surface area (Å²) in [6.07, 6.45) is 1.48. The van der Waals surface area contributed by atoms with E-state index < -0.39 is 17.8 Å². The molecule has 1 saturated heterocycles. The molecule has 6 nitrogen and oxygen atoms in total. The Morgan fingerprint density at radius 3 is 2.30 bits per heavy atom. The average molecular weight is 664 g/mol. The molecule has 1 aliphatic heterocycles. The highest BCUT2D eigenvalue weighted by molar-refractivity contribution is 14.1. The number of halogens is 2. The summed E-state index contributed by atoms with van der Waals surface area (Å²) in [5.74, 6) is -0.684. The van der Waals surface area contributed by atoms with Gasteiger partial charge >= 0.3 is 6.03 Å². The third-order valence-corrected chi connectivity index (χ3v) is 6.53. The maximum absolute atomic E-state index is 13.0. The van der Waals surface area contributed by atoms with Crippen molar-refractivity contribution < 1.29 is 19.1 Å². The molecule has 0 aliphatic carbocycles. The van der Waals surface area contributed by atoms with Crippen LogP contribution in [0.3, 0.4) is 0 Å². The average Bonchev–Trinajstić information content (AvgIpc) is 2.78. The van der Waals surface area contributed by atoms with E-state index in [0.29, 0.717) is 23.6 Å². The molecule has 0 unspecified atom stereocenters. The van der Waals surface area contributed by atoms with E-state index >= 15 is 0 Å². The largest absolute Gasteiger partial charge is 0.488 e. The molecule has 3 aromatic carbocycles. The topological polar surface area (TPSA) is 75.7 Å². The summed E-state index contributed by atoms with van der Waals surface area (Å²) in [4.78, 5) is 38.7. The number of rotatable bonds is 5. The first kappa shape index (κ1) is 23.4. The van der Waals surface area contributed by atoms with Gasteiger partial charge in [0.2, 0.25) is 0 Å². The number of benzene rings is 3. The number of urea groups is 1. The molecule has 4 amide bonds. The van der Waals surface area contributed by atoms with E-state index in [1.54, 1.807) is 36.4 Å². The summed E-state index contributed by atoms with van der Waals surface area (Å²) in [5, 5.41) is 2.24. The van der Waals surface area contributed by atoms with Gasteiger partial charge in [0.15, 0.2) is 0 Å². The summed E-state index contributed by atoms with van der Waals surface area (Å²) < 4.78 is 7.91. The van der Waals surface area contributed by atoms with Gasteiger partial charge in [-0.15, -0.1) is 0 Å². The van der Waals surface area contributed by atoms with Gasteiger partial charge in [-0.05, 0) is 106 Å². The third-order valence-electron chi connectivity index (χ3n) is 4.97. The molecule has 1 fully saturated rings. The molecule has 0 saturated carbocycles. The number of amides is 4. The van der Waals surface area contributed by atoms with Crippen LogP contribution < -0.4 is 15.0 Å². The smallest absolute Gasteiger partial charge is 0.335 e. The Labute approximate surface area is 218 Å². The molecule has 0 spiro atoms. The van der Waals surface area contributed by atoms with E-state index in [9.17, 15) is 14.4 Å². The van der Waals surface area contributed by atoms with Crippen molar-refractivity contribution in [2.24, 2.45) is 0 Å². The van der Waals surface area contributed by atoms with Crippen molar-refractivity contribution in [3.8, 4) is 5.75 Å². The molecule has 166 valence electrons. The normalized spacial score (nSPS) is 15.1. The number of nitrogens with one attached hydrogen (secondary N) is 1. The summed E-state index contributed by atoms with van der Waals surface area (Å²) in [5.41, 5.74) is 2.99. The van der Waals surface area contributed by atoms with Crippen LogP contribution in [0.15, 0.2) is 72.3 Å². The second-order valence-corrected chi connectivity index (χ2v) is 9.81. The molecular weight excluding hydrogens is 646 g/mol. The number of carbonyl (C=O) groups is 3. The highest BCUT2D eigenvalue weighted by Gasteiger charge is 2.36. The van der Waals surface area contributed by atoms with Gasteiger partial charge in [0.05, 0.1) is 9.26 Å². The number of imide groups is 2. The van der Waals surface area contributed by atoms with Crippen molar-refractivity contribution in [3.63, 3.8) is 0 Å². The van der Waals surface area contributed by atoms with Gasteiger partial charge in [-0.3, -0.25) is 14.9 Å². The zero-order valence-corrected chi connectivity index (χ0v) is 21.8. The lowest BCUT2D eigenvalue weighted by molar-refractivity contribution is -0.122. The molecule has 1 N–H and O–H groups in total. The van der Waals surface area contributed by atoms with Gasteiger partial charge in [0, 0.05) is 3.57 Å². The van der Waals surface area contributed by atoms with Gasteiger partial charge in [0.1, 0.15) is 17.9 Å². The summed E-state index contributed by atoms with van der Waals surface area (Å²) >= 11 is 4.41. The maximum atomic E-state index is 13.0. The lowest BCUT2D eigenvalue weighted by atomic mass is 10.1. The van der Waals surface area contributed by atoms with E-state index in [-0.39, 0.29) is 5.57 Å². The summed E-state index contributed by atoms with van der Waals surface area (Å²) in [6.45, 7) is 2.34. The number of carbonyl (C=O) groups excluding carboxylic acids is 3. The van der Waals surface area contributed by atoms with E-state index in [4.69, 9.17) is 4.74 Å². The quantitative estimate of drug-likeness (QED) is 0.224. The fourth-order valence-corrected chi connectivity index (χ4v) is 4.27. The van der Waals surface area contributed by atoms with E-state index in [0.717, 1.165) is 23.2 Å². The van der Waals surface area contributed by atoms with Crippen LogP contribution in [0, 0.1) is 14.1 Å². The molecule has 0 atom stereocenters. The minimum absolute atomic E-state index is 0.112. The lowest BCUT2D eigenvalue weighted by Crippen LogP contribution is -2.54. The standard InChI is InChI=1S/C25H18I2N2O4/c1-15-2-9-19(10-3-15)29-24(31)20(23(30)28-25(29)32)12-17-6-11-22(21(27)13-17)33-14-16-4-7-18(26)8-5-16/h2-13H,14H2,1H3,(H,28,30,32)/b20-12+. The molecule has 33 heavy (non-hydrogen) atoms. The van der Waals surface area contributed by atoms with Crippen molar-refractivity contribution in [3.05, 3.63) is 96.1 Å². The first-order valence-electron chi connectivity index (χ1n) is 9.97. The van der Waals surface area contributed by atoms with E-state index in [1.165, 1.54) is 6.08 Å². The van der Waals surface area contributed by atoms with Crippen LogP contribution in [0.25, 0.3) is 6.08 Å². The van der Waals surface area contributed by atoms with Gasteiger partial charge in [-0.2, -0.15) is 0 Å². The third kappa shape index (κ3) is 5.44. The summed E-state index contributed by atoms with van der Waals surface area (Å²) in [7, 11) is 0. The minimum atomic E-state index is -0.764. The monoisotopic (exact) mass is 664 g/mol. The molecule has 4 rings (SSSR count). The Balaban J connectivity index is 1.55. The van der Waals surface area contributed by atoms with E-state index in [2.05, 4.69) is 50.5 Å². The van der Waals surface area contributed by atoms with Crippen LogP contribution in [0.1, 0.15) is 16.7 Å². The zero-order valence-electron chi connectivity index (χ0n) is 17.5. The predicted molar refractivity (Wildman–Crippen MR) is 143 cm³/mol. The van der Waals surface area contributed by atoms with Crippen molar-refractivity contribution >= 4 is 74.8 Å². The second-order valence-electron chi connectivity index (χ2n) is 7.40. The zero-order chi connectivity index (χ0) is 23.5. The van der Waals surface area contributed by atoms with Crippen molar-refractivity contribution in [1.82, 2.24) is 5.32 Å². The Morgan fingerprint density at radius 1 is 0.939 bits per heavy atom. The Morgan fingerprint density at radius 2 is 1.64 bits per heavy atom. The first-order valence-corrected chi connectivity index (χ1v) is 12.1. The van der Waals surface area contributed by atoms with Crippen LogP contribution in [-0.4, -0.2) is 17.8 Å². The summed E-state index contributed by atoms with van der Waals surface area (Å²) in [6, 6.07) is 19.6. The molecular formula is C25H18I2N2O4. The molecule has 0 aromatic heterocycles. The number of hydrogen-bond acceptors (Lipinski definition) is 4. The Bertz CT molecular complexity index is 1270. The van der Waals surface area contributed by atoms with Gasteiger partial charge in [-0.1, -0.05) is 35.9 Å².